The fourth-order valence-electron chi connectivity index (χ4n) is 3.53. The van der Waals surface area contributed by atoms with E-state index in [4.69, 9.17) is 9.47 Å². The molecule has 166 valence electrons. The minimum absolute atomic E-state index is 0.0705. The fraction of sp³-hybridized carbons (Fsp3) is 0.318. The Kier molecular flexibility index (Phi) is 6.17. The van der Waals surface area contributed by atoms with E-state index in [1.54, 1.807) is 39.7 Å². The highest BCUT2D eigenvalue weighted by Gasteiger charge is 2.20. The van der Waals surface area contributed by atoms with Gasteiger partial charge in [-0.3, -0.25) is 14.2 Å². The summed E-state index contributed by atoms with van der Waals surface area (Å²) in [5.41, 5.74) is 2.42. The average molecular weight is 446 g/mol. The molecule has 31 heavy (non-hydrogen) atoms. The summed E-state index contributed by atoms with van der Waals surface area (Å²) in [4.78, 5) is 13.0. The van der Waals surface area contributed by atoms with Gasteiger partial charge in [-0.2, -0.15) is 0 Å². The van der Waals surface area contributed by atoms with E-state index in [-0.39, 0.29) is 16.4 Å². The number of sulfonamides is 1. The van der Waals surface area contributed by atoms with Gasteiger partial charge in [-0.25, -0.2) is 13.1 Å². The zero-order valence-corrected chi connectivity index (χ0v) is 19.3. The van der Waals surface area contributed by atoms with Crippen LogP contribution < -0.4 is 19.8 Å². The van der Waals surface area contributed by atoms with Crippen molar-refractivity contribution in [3.8, 4) is 17.2 Å². The molecule has 1 aromatic heterocycles. The molecule has 0 spiro atoms. The van der Waals surface area contributed by atoms with Crippen molar-refractivity contribution >= 4 is 15.7 Å². The van der Waals surface area contributed by atoms with Crippen LogP contribution in [0.25, 0.3) is 5.69 Å². The van der Waals surface area contributed by atoms with Gasteiger partial charge in [-0.05, 0) is 37.1 Å². The maximum Gasteiger partial charge on any atom is 0.275 e. The predicted molar refractivity (Wildman–Crippen MR) is 120 cm³/mol. The first-order chi connectivity index (χ1) is 14.6. The molecule has 0 saturated heterocycles. The summed E-state index contributed by atoms with van der Waals surface area (Å²) in [5.74, 6) is 1.02. The van der Waals surface area contributed by atoms with Crippen molar-refractivity contribution in [1.82, 2.24) is 9.36 Å². The molecule has 0 aliphatic heterocycles. The van der Waals surface area contributed by atoms with Crippen LogP contribution in [0.3, 0.4) is 0 Å². The van der Waals surface area contributed by atoms with Gasteiger partial charge >= 0.3 is 0 Å². The second kappa shape index (κ2) is 8.50. The average Bonchev–Trinajstić information content (AvgIpc) is 2.95. The van der Waals surface area contributed by atoms with Crippen LogP contribution in [0.2, 0.25) is 0 Å². The molecule has 0 aliphatic rings. The van der Waals surface area contributed by atoms with Gasteiger partial charge in [0.2, 0.25) is 0 Å². The monoisotopic (exact) mass is 445 g/mol. The zero-order chi connectivity index (χ0) is 22.9. The third-order valence-electron chi connectivity index (χ3n) is 5.17. The summed E-state index contributed by atoms with van der Waals surface area (Å²) in [6.45, 7) is 5.85. The highest BCUT2D eigenvalue weighted by molar-refractivity contribution is 7.92. The Hall–Kier alpha value is -3.20. The summed E-state index contributed by atoms with van der Waals surface area (Å²) in [7, 11) is 0.936. The van der Waals surface area contributed by atoms with Crippen LogP contribution in [0.15, 0.2) is 52.2 Å². The van der Waals surface area contributed by atoms with E-state index in [2.05, 4.69) is 4.72 Å². The Bertz CT molecular complexity index is 1230. The van der Waals surface area contributed by atoms with Gasteiger partial charge in [0.25, 0.3) is 15.6 Å². The lowest BCUT2D eigenvalue weighted by atomic mass is 10.0. The second-order valence-electron chi connectivity index (χ2n) is 7.50. The van der Waals surface area contributed by atoms with Crippen LogP contribution in [0, 0.1) is 6.92 Å². The van der Waals surface area contributed by atoms with Gasteiger partial charge in [-0.15, -0.1) is 0 Å². The molecule has 1 heterocycles. The van der Waals surface area contributed by atoms with Gasteiger partial charge in [0.05, 0.1) is 30.5 Å². The summed E-state index contributed by atoms with van der Waals surface area (Å²) in [6.07, 6.45) is 0. The highest BCUT2D eigenvalue weighted by Crippen LogP contribution is 2.28. The van der Waals surface area contributed by atoms with Crippen molar-refractivity contribution in [3.05, 3.63) is 64.1 Å². The van der Waals surface area contributed by atoms with Crippen LogP contribution in [0.4, 0.5) is 5.69 Å². The van der Waals surface area contributed by atoms with Crippen molar-refractivity contribution in [2.45, 2.75) is 31.6 Å². The molecule has 0 unspecified atom stereocenters. The molecule has 0 fully saturated rings. The number of nitrogens with one attached hydrogen (secondary N) is 1. The molecule has 8 nitrogen and oxygen atoms in total. The first-order valence-electron chi connectivity index (χ1n) is 9.74. The minimum Gasteiger partial charge on any atom is -0.497 e. The number of hydrogen-bond donors (Lipinski definition) is 1. The molecule has 3 rings (SSSR count). The Morgan fingerprint density at radius 1 is 0.968 bits per heavy atom. The van der Waals surface area contributed by atoms with Gasteiger partial charge in [-0.1, -0.05) is 13.8 Å². The first-order valence-corrected chi connectivity index (χ1v) is 11.2. The summed E-state index contributed by atoms with van der Waals surface area (Å²) < 4.78 is 41.9. The molecule has 0 saturated carbocycles. The lowest BCUT2D eigenvalue weighted by molar-refractivity contribution is 0.395. The van der Waals surface area contributed by atoms with E-state index in [9.17, 15) is 13.2 Å². The largest absolute Gasteiger partial charge is 0.497 e. The van der Waals surface area contributed by atoms with Crippen LogP contribution in [0.5, 0.6) is 11.5 Å². The van der Waals surface area contributed by atoms with E-state index in [1.165, 1.54) is 26.4 Å². The fourth-order valence-corrected chi connectivity index (χ4v) is 4.57. The number of rotatable bonds is 7. The van der Waals surface area contributed by atoms with Crippen LogP contribution in [0.1, 0.15) is 31.0 Å². The highest BCUT2D eigenvalue weighted by atomic mass is 32.2. The van der Waals surface area contributed by atoms with Gasteiger partial charge in [0, 0.05) is 36.5 Å². The smallest absolute Gasteiger partial charge is 0.275 e. The molecule has 0 amide bonds. The molecular weight excluding hydrogens is 418 g/mol. The Morgan fingerprint density at radius 2 is 1.52 bits per heavy atom. The van der Waals surface area contributed by atoms with Crippen molar-refractivity contribution in [2.75, 3.05) is 18.9 Å². The van der Waals surface area contributed by atoms with Gasteiger partial charge < -0.3 is 9.47 Å². The van der Waals surface area contributed by atoms with Crippen molar-refractivity contribution in [1.29, 1.82) is 0 Å². The number of benzene rings is 2. The van der Waals surface area contributed by atoms with Gasteiger partial charge in [0.1, 0.15) is 11.5 Å². The topological polar surface area (TPSA) is 91.6 Å². The molecule has 9 heteroatoms. The summed E-state index contributed by atoms with van der Waals surface area (Å²) in [6, 6.07) is 11.0. The normalized spacial score (nSPS) is 11.6. The molecule has 2 aromatic carbocycles. The number of aromatic nitrogens is 2. The Labute approximate surface area is 182 Å². The van der Waals surface area contributed by atoms with E-state index < -0.39 is 10.0 Å². The predicted octanol–water partition coefficient (Wildman–Crippen LogP) is 3.43. The molecule has 0 atom stereocenters. The summed E-state index contributed by atoms with van der Waals surface area (Å²) >= 11 is 0. The zero-order valence-electron chi connectivity index (χ0n) is 18.5. The van der Waals surface area contributed by atoms with Crippen LogP contribution in [-0.4, -0.2) is 32.0 Å². The van der Waals surface area contributed by atoms with E-state index >= 15 is 0 Å². The SMILES string of the molecule is COc1cc(NS(=O)(=O)c2ccc(-n3c(=O)c(C(C)C)c(C)n3C)cc2)cc(OC)c1. The standard InChI is InChI=1S/C22H27N3O5S/c1-14(2)21-15(3)24(4)25(22(21)26)17-7-9-20(10-8-17)31(27,28)23-16-11-18(29-5)13-19(12-16)30-6/h7-14,23H,1-6H3. The van der Waals surface area contributed by atoms with Crippen LogP contribution in [-0.2, 0) is 17.1 Å². The third kappa shape index (κ3) is 4.32. The Morgan fingerprint density at radius 3 is 1.97 bits per heavy atom. The van der Waals surface area contributed by atoms with E-state index in [0.717, 1.165) is 11.3 Å². The quantitative estimate of drug-likeness (QED) is 0.602. The molecule has 0 bridgehead atoms. The first kappa shape index (κ1) is 22.5. The number of ether oxygens (including phenoxy) is 2. The van der Waals surface area contributed by atoms with E-state index in [1.807, 2.05) is 27.8 Å². The third-order valence-corrected chi connectivity index (χ3v) is 6.57. The van der Waals surface area contributed by atoms with E-state index in [0.29, 0.717) is 22.9 Å². The molecule has 0 radical (unpaired) electrons. The number of nitrogens with zero attached hydrogens (tertiary/aromatic N) is 2. The molecule has 1 N–H and O–H groups in total. The maximum atomic E-state index is 12.9. The lowest BCUT2D eigenvalue weighted by Gasteiger charge is -2.12. The number of methoxy groups -OCH3 is 2. The molecule has 0 aliphatic carbocycles. The Balaban J connectivity index is 1.95. The van der Waals surface area contributed by atoms with Crippen molar-refractivity contribution in [3.63, 3.8) is 0 Å². The van der Waals surface area contributed by atoms with Gasteiger partial charge in [0.15, 0.2) is 0 Å². The number of anilines is 1. The van der Waals surface area contributed by atoms with Crippen molar-refractivity contribution in [2.24, 2.45) is 7.05 Å². The van der Waals surface area contributed by atoms with Crippen molar-refractivity contribution < 1.29 is 17.9 Å². The van der Waals surface area contributed by atoms with Crippen LogP contribution >= 0.6 is 0 Å². The summed E-state index contributed by atoms with van der Waals surface area (Å²) in [5, 5.41) is 0. The molecular formula is C22H27N3O5S. The lowest BCUT2D eigenvalue weighted by Crippen LogP contribution is -2.21. The minimum atomic E-state index is -3.85. The maximum absolute atomic E-state index is 12.9. The molecule has 3 aromatic rings. The number of hydrogen-bond acceptors (Lipinski definition) is 5. The second-order valence-corrected chi connectivity index (χ2v) is 9.18.